The third-order valence-corrected chi connectivity index (χ3v) is 1.22. The Bertz CT molecular complexity index is 255. The summed E-state index contributed by atoms with van der Waals surface area (Å²) in [7, 11) is 3.36. The number of aromatic nitrogens is 1. The van der Waals surface area contributed by atoms with E-state index in [4.69, 9.17) is 9.59 Å². The fourth-order valence-corrected chi connectivity index (χ4v) is 0.616. The molecule has 0 amide bonds. The van der Waals surface area contributed by atoms with Crippen molar-refractivity contribution < 1.29 is 9.59 Å². The van der Waals surface area contributed by atoms with Crippen molar-refractivity contribution in [2.75, 3.05) is 19.4 Å². The second-order valence-electron chi connectivity index (χ2n) is 2.24. The summed E-state index contributed by atoms with van der Waals surface area (Å²) in [6.45, 7) is 6.02. The maximum Gasteiger partial charge on any atom is 0.182 e. The van der Waals surface area contributed by atoms with Crippen LogP contribution < -0.4 is 11.1 Å². The Morgan fingerprint density at radius 3 is 1.88 bits per heavy atom. The van der Waals surface area contributed by atoms with Gasteiger partial charge in [-0.25, -0.2) is 4.98 Å². The Balaban J connectivity index is -0.000000208. The molecule has 0 aromatic carbocycles. The second-order valence-corrected chi connectivity index (χ2v) is 2.24. The highest BCUT2D eigenvalue weighted by Crippen LogP contribution is 2.01. The van der Waals surface area contributed by atoms with E-state index in [0.29, 0.717) is 0 Å². The highest BCUT2D eigenvalue weighted by molar-refractivity contribution is 6.09. The van der Waals surface area contributed by atoms with Gasteiger partial charge in [-0.3, -0.25) is 9.59 Å². The zero-order valence-electron chi connectivity index (χ0n) is 11.2. The fraction of sp³-hybridized carbons (Fsp3) is 0.417. The highest BCUT2D eigenvalue weighted by Gasteiger charge is 1.85. The van der Waals surface area contributed by atoms with Crippen molar-refractivity contribution in [1.29, 1.82) is 0 Å². The lowest BCUT2D eigenvalue weighted by Crippen LogP contribution is -1.90. The number of anilines is 1. The van der Waals surface area contributed by atoms with Crippen LogP contribution in [-0.2, 0) is 9.59 Å². The predicted octanol–water partition coefficient (Wildman–Crippen LogP) is 1.42. The zero-order chi connectivity index (χ0) is 14.1. The number of carbonyl (C=O) groups is 2. The van der Waals surface area contributed by atoms with Crippen LogP contribution in [0.15, 0.2) is 18.3 Å². The summed E-state index contributed by atoms with van der Waals surface area (Å²) in [6.07, 6.45) is 2.23. The molecule has 5 nitrogen and oxygen atoms in total. The Kier molecular flexibility index (Phi) is 24.0. The molecule has 0 saturated carbocycles. The lowest BCUT2D eigenvalue weighted by Gasteiger charge is -1.96. The number of hydrogen-bond donors (Lipinski definition) is 2. The normalized spacial score (nSPS) is 6.71. The van der Waals surface area contributed by atoms with Gasteiger partial charge in [0.2, 0.25) is 0 Å². The number of aryl methyl sites for hydroxylation is 1. The van der Waals surface area contributed by atoms with Crippen molar-refractivity contribution in [1.82, 2.24) is 4.98 Å². The summed E-state index contributed by atoms with van der Waals surface area (Å²) in [5.41, 5.74) is 5.69. The highest BCUT2D eigenvalue weighted by atomic mass is 16.2. The van der Waals surface area contributed by atoms with E-state index in [1.807, 2.05) is 46.1 Å². The molecule has 5 heteroatoms. The van der Waals surface area contributed by atoms with Gasteiger partial charge in [0, 0.05) is 13.2 Å². The van der Waals surface area contributed by atoms with E-state index in [1.165, 1.54) is 12.6 Å². The molecule has 0 aliphatic heterocycles. The van der Waals surface area contributed by atoms with E-state index >= 15 is 0 Å². The van der Waals surface area contributed by atoms with E-state index in [0.717, 1.165) is 5.82 Å². The van der Waals surface area contributed by atoms with Crippen LogP contribution in [0.4, 0.5) is 5.82 Å². The van der Waals surface area contributed by atoms with Crippen molar-refractivity contribution in [3.05, 3.63) is 23.9 Å². The minimum absolute atomic E-state index is 0.194. The lowest BCUT2D eigenvalue weighted by atomic mass is 10.3. The summed E-state index contributed by atoms with van der Waals surface area (Å²) in [5.74, 6) is 0.917. The van der Waals surface area contributed by atoms with Crippen LogP contribution >= 0.6 is 0 Å². The number of aldehydes is 2. The standard InChI is InChI=1S/C7H10N2.C2H2O2.C2H6.CH5N/c1-6-3-4-7(8-2)9-5-6;3-1-2-4;2*1-2/h3-5H,1-2H3,(H,8,9);1-2H;1-2H3;2H2,1H3. The Labute approximate surface area is 103 Å². The first-order valence-electron chi connectivity index (χ1n) is 5.31. The van der Waals surface area contributed by atoms with Crippen molar-refractivity contribution >= 4 is 18.4 Å². The van der Waals surface area contributed by atoms with E-state index in [9.17, 15) is 0 Å². The van der Waals surface area contributed by atoms with Gasteiger partial charge in [0.1, 0.15) is 5.82 Å². The number of nitrogens with zero attached hydrogens (tertiary/aromatic N) is 1. The summed E-state index contributed by atoms with van der Waals surface area (Å²) >= 11 is 0. The average molecular weight is 241 g/mol. The monoisotopic (exact) mass is 241 g/mol. The topological polar surface area (TPSA) is 85.1 Å². The molecule has 1 aromatic heterocycles. The van der Waals surface area contributed by atoms with Crippen molar-refractivity contribution in [2.45, 2.75) is 20.8 Å². The first-order chi connectivity index (χ1) is 8.24. The predicted molar refractivity (Wildman–Crippen MR) is 72.1 cm³/mol. The Hall–Kier alpha value is -1.75. The van der Waals surface area contributed by atoms with Gasteiger partial charge in [0.15, 0.2) is 12.6 Å². The molecule has 0 spiro atoms. The summed E-state index contributed by atoms with van der Waals surface area (Å²) in [6, 6.07) is 3.98. The van der Waals surface area contributed by atoms with Crippen LogP contribution in [0.3, 0.4) is 0 Å². The number of nitrogens with two attached hydrogens (primary N) is 1. The first kappa shape index (κ1) is 20.6. The fourth-order valence-electron chi connectivity index (χ4n) is 0.616. The molecule has 1 rings (SSSR count). The minimum atomic E-state index is 0.194. The van der Waals surface area contributed by atoms with Gasteiger partial charge in [0.05, 0.1) is 0 Å². The van der Waals surface area contributed by atoms with Gasteiger partial charge in [-0.1, -0.05) is 19.9 Å². The number of rotatable bonds is 2. The molecule has 0 aliphatic carbocycles. The largest absolute Gasteiger partial charge is 0.373 e. The van der Waals surface area contributed by atoms with Crippen LogP contribution in [0.5, 0.6) is 0 Å². The van der Waals surface area contributed by atoms with Crippen LogP contribution in [0.1, 0.15) is 19.4 Å². The molecule has 0 unspecified atom stereocenters. The number of hydrogen-bond acceptors (Lipinski definition) is 5. The van der Waals surface area contributed by atoms with Gasteiger partial charge in [0.25, 0.3) is 0 Å². The molecule has 98 valence electrons. The molecule has 0 atom stereocenters. The second kappa shape index (κ2) is 19.8. The molecule has 0 aliphatic rings. The molecule has 3 N–H and O–H groups in total. The van der Waals surface area contributed by atoms with Gasteiger partial charge in [-0.05, 0) is 25.6 Å². The van der Waals surface area contributed by atoms with Gasteiger partial charge in [-0.15, -0.1) is 0 Å². The molecule has 17 heavy (non-hydrogen) atoms. The van der Waals surface area contributed by atoms with E-state index in [-0.39, 0.29) is 12.6 Å². The smallest absolute Gasteiger partial charge is 0.182 e. The quantitative estimate of drug-likeness (QED) is 0.604. The van der Waals surface area contributed by atoms with Crippen molar-refractivity contribution in [3.8, 4) is 0 Å². The molecule has 1 heterocycles. The molecule has 0 bridgehead atoms. The van der Waals surface area contributed by atoms with Gasteiger partial charge in [-0.2, -0.15) is 0 Å². The molecule has 0 radical (unpaired) electrons. The number of carbonyl (C=O) groups excluding carboxylic acids is 2. The van der Waals surface area contributed by atoms with E-state index in [2.05, 4.69) is 16.0 Å². The van der Waals surface area contributed by atoms with E-state index < -0.39 is 0 Å². The first-order valence-corrected chi connectivity index (χ1v) is 5.31. The molecule has 1 aromatic rings. The average Bonchev–Trinajstić information content (AvgIpc) is 2.44. The molecular weight excluding hydrogens is 218 g/mol. The molecule has 0 saturated heterocycles. The zero-order valence-corrected chi connectivity index (χ0v) is 11.2. The summed E-state index contributed by atoms with van der Waals surface area (Å²) in [4.78, 5) is 21.7. The summed E-state index contributed by atoms with van der Waals surface area (Å²) in [5, 5.41) is 2.94. The van der Waals surface area contributed by atoms with Gasteiger partial charge < -0.3 is 11.1 Å². The summed E-state index contributed by atoms with van der Waals surface area (Å²) < 4.78 is 0. The van der Waals surface area contributed by atoms with Crippen molar-refractivity contribution in [2.24, 2.45) is 5.73 Å². The molecule has 0 fully saturated rings. The molecular formula is C12H23N3O2. The Morgan fingerprint density at radius 2 is 1.65 bits per heavy atom. The third-order valence-electron chi connectivity index (χ3n) is 1.22. The number of nitrogens with one attached hydrogen (secondary N) is 1. The van der Waals surface area contributed by atoms with E-state index in [1.54, 1.807) is 0 Å². The maximum atomic E-state index is 8.81. The minimum Gasteiger partial charge on any atom is -0.373 e. The van der Waals surface area contributed by atoms with Crippen molar-refractivity contribution in [3.63, 3.8) is 0 Å². The number of pyridine rings is 1. The lowest BCUT2D eigenvalue weighted by molar-refractivity contribution is -0.122. The van der Waals surface area contributed by atoms with Crippen LogP contribution in [0.25, 0.3) is 0 Å². The Morgan fingerprint density at radius 1 is 1.18 bits per heavy atom. The SMILES string of the molecule is CC.CN.CNc1ccc(C)cn1.O=CC=O. The maximum absolute atomic E-state index is 8.81. The third kappa shape index (κ3) is 16.9. The van der Waals surface area contributed by atoms with Crippen LogP contribution in [0.2, 0.25) is 0 Å². The van der Waals surface area contributed by atoms with Gasteiger partial charge >= 0.3 is 0 Å². The van der Waals surface area contributed by atoms with Crippen LogP contribution in [-0.4, -0.2) is 31.7 Å². The van der Waals surface area contributed by atoms with Crippen LogP contribution in [0, 0.1) is 6.92 Å².